The highest BCUT2D eigenvalue weighted by atomic mass is 32.2. The van der Waals surface area contributed by atoms with Crippen molar-refractivity contribution in [1.29, 1.82) is 0 Å². The number of carbonyl (C=O) groups excluding carboxylic acids is 1. The van der Waals surface area contributed by atoms with Crippen LogP contribution in [0, 0.1) is 0 Å². The van der Waals surface area contributed by atoms with Gasteiger partial charge in [0.15, 0.2) is 0 Å². The number of rotatable bonds is 4. The molecule has 6 nitrogen and oxygen atoms in total. The van der Waals surface area contributed by atoms with E-state index in [1.807, 2.05) is 36.0 Å². The summed E-state index contributed by atoms with van der Waals surface area (Å²) in [5.74, 6) is 2.04. The van der Waals surface area contributed by atoms with E-state index in [2.05, 4.69) is 20.2 Å². The monoisotopic (exact) mass is 358 g/mol. The minimum absolute atomic E-state index is 0.0361. The van der Waals surface area contributed by atoms with Crippen molar-refractivity contribution >= 4 is 28.7 Å². The molecule has 1 unspecified atom stereocenters. The number of benzene rings is 1. The summed E-state index contributed by atoms with van der Waals surface area (Å²) in [6.45, 7) is 4.07. The minimum atomic E-state index is -0.150. The Hall–Kier alpha value is -1.70. The van der Waals surface area contributed by atoms with E-state index < -0.39 is 0 Å². The first-order chi connectivity index (χ1) is 12.3. The molecule has 7 heteroatoms. The standard InChI is InChI=1S/C18H22N4O2S/c23-17(16-11-19-14-3-1-2-4-15(14)21-16)20-12-18(5-10-25-13-18)22-6-8-24-9-7-22/h1-4,11H,5-10,12-13H2,(H,20,23). The smallest absolute Gasteiger partial charge is 0.271 e. The van der Waals surface area contributed by atoms with Crippen molar-refractivity contribution in [2.24, 2.45) is 0 Å². The SMILES string of the molecule is O=C(NCC1(N2CCOCC2)CCSC1)c1cnc2ccccc2n1. The molecule has 0 spiro atoms. The van der Waals surface area contributed by atoms with Gasteiger partial charge in [0.05, 0.1) is 30.4 Å². The third-order valence-corrected chi connectivity index (χ3v) is 6.26. The first-order valence-electron chi connectivity index (χ1n) is 8.67. The average Bonchev–Trinajstić information content (AvgIpc) is 3.17. The molecule has 2 aliphatic rings. The summed E-state index contributed by atoms with van der Waals surface area (Å²) in [7, 11) is 0. The van der Waals surface area contributed by atoms with Gasteiger partial charge in [0.25, 0.3) is 5.91 Å². The Balaban J connectivity index is 1.47. The van der Waals surface area contributed by atoms with Crippen molar-refractivity contribution in [1.82, 2.24) is 20.2 Å². The zero-order valence-corrected chi connectivity index (χ0v) is 14.9. The summed E-state index contributed by atoms with van der Waals surface area (Å²) in [5, 5.41) is 3.11. The number of hydrogen-bond acceptors (Lipinski definition) is 6. The van der Waals surface area contributed by atoms with E-state index in [4.69, 9.17) is 4.74 Å². The Kier molecular flexibility index (Phi) is 4.87. The van der Waals surface area contributed by atoms with Gasteiger partial charge in [-0.3, -0.25) is 14.7 Å². The van der Waals surface area contributed by atoms with Crippen LogP contribution in [0.4, 0.5) is 0 Å². The lowest BCUT2D eigenvalue weighted by Gasteiger charge is -2.43. The second-order valence-corrected chi connectivity index (χ2v) is 7.66. The second kappa shape index (κ2) is 7.27. The molecule has 0 radical (unpaired) electrons. The van der Waals surface area contributed by atoms with Gasteiger partial charge in [-0.05, 0) is 24.3 Å². The summed E-state index contributed by atoms with van der Waals surface area (Å²) in [4.78, 5) is 23.9. The van der Waals surface area contributed by atoms with Crippen molar-refractivity contribution in [3.63, 3.8) is 0 Å². The molecular weight excluding hydrogens is 336 g/mol. The Morgan fingerprint density at radius 3 is 2.84 bits per heavy atom. The molecule has 132 valence electrons. The minimum Gasteiger partial charge on any atom is -0.379 e. The fraction of sp³-hybridized carbons (Fsp3) is 0.500. The third kappa shape index (κ3) is 3.49. The Labute approximate surface area is 151 Å². The van der Waals surface area contributed by atoms with Crippen LogP contribution in [0.2, 0.25) is 0 Å². The zero-order chi connectivity index (χ0) is 17.1. The third-order valence-electron chi connectivity index (χ3n) is 5.02. The van der Waals surface area contributed by atoms with Crippen LogP contribution in [0.5, 0.6) is 0 Å². The number of amides is 1. The Morgan fingerprint density at radius 1 is 1.28 bits per heavy atom. The number of carbonyl (C=O) groups is 1. The second-order valence-electron chi connectivity index (χ2n) is 6.55. The Morgan fingerprint density at radius 2 is 2.08 bits per heavy atom. The molecule has 2 fully saturated rings. The molecule has 1 aromatic heterocycles. The van der Waals surface area contributed by atoms with Crippen LogP contribution in [0.15, 0.2) is 30.5 Å². The van der Waals surface area contributed by atoms with Gasteiger partial charge in [-0.2, -0.15) is 11.8 Å². The maximum Gasteiger partial charge on any atom is 0.271 e. The number of ether oxygens (including phenoxy) is 1. The molecule has 1 N–H and O–H groups in total. The Bertz CT molecular complexity index is 758. The van der Waals surface area contributed by atoms with Crippen molar-refractivity contribution in [3.05, 3.63) is 36.2 Å². The van der Waals surface area contributed by atoms with E-state index in [-0.39, 0.29) is 11.4 Å². The maximum atomic E-state index is 12.6. The lowest BCUT2D eigenvalue weighted by molar-refractivity contribution is -0.0129. The summed E-state index contributed by atoms with van der Waals surface area (Å²) in [6.07, 6.45) is 2.66. The molecule has 4 rings (SSSR count). The van der Waals surface area contributed by atoms with E-state index in [1.165, 1.54) is 0 Å². The summed E-state index contributed by atoms with van der Waals surface area (Å²) < 4.78 is 5.49. The molecule has 2 aromatic rings. The van der Waals surface area contributed by atoms with Crippen LogP contribution in [0.25, 0.3) is 11.0 Å². The quantitative estimate of drug-likeness (QED) is 0.895. The molecular formula is C18H22N4O2S. The van der Waals surface area contributed by atoms with Crippen LogP contribution in [-0.4, -0.2) is 70.7 Å². The van der Waals surface area contributed by atoms with Crippen LogP contribution in [0.3, 0.4) is 0 Å². The number of morpholine rings is 1. The van der Waals surface area contributed by atoms with Gasteiger partial charge in [0.1, 0.15) is 5.69 Å². The fourth-order valence-corrected chi connectivity index (χ4v) is 5.01. The molecule has 1 aromatic carbocycles. The lowest BCUT2D eigenvalue weighted by Crippen LogP contribution is -2.59. The van der Waals surface area contributed by atoms with Crippen molar-refractivity contribution in [3.8, 4) is 0 Å². The van der Waals surface area contributed by atoms with Crippen LogP contribution in [-0.2, 0) is 4.74 Å². The molecule has 2 aliphatic heterocycles. The average molecular weight is 358 g/mol. The van der Waals surface area contributed by atoms with Gasteiger partial charge in [0.2, 0.25) is 0 Å². The number of nitrogens with zero attached hydrogens (tertiary/aromatic N) is 3. The number of nitrogens with one attached hydrogen (secondary N) is 1. The predicted octanol–water partition coefficient (Wildman–Crippen LogP) is 1.57. The number of thioether (sulfide) groups is 1. The predicted molar refractivity (Wildman–Crippen MR) is 98.9 cm³/mol. The number of para-hydroxylation sites is 2. The van der Waals surface area contributed by atoms with Gasteiger partial charge in [0, 0.05) is 30.9 Å². The van der Waals surface area contributed by atoms with Crippen LogP contribution in [0.1, 0.15) is 16.9 Å². The number of aromatic nitrogens is 2. The highest BCUT2D eigenvalue weighted by Gasteiger charge is 2.40. The lowest BCUT2D eigenvalue weighted by atomic mass is 9.95. The number of fused-ring (bicyclic) bond motifs is 1. The molecule has 3 heterocycles. The van der Waals surface area contributed by atoms with Gasteiger partial charge in [-0.1, -0.05) is 12.1 Å². The van der Waals surface area contributed by atoms with Gasteiger partial charge >= 0.3 is 0 Å². The fourth-order valence-electron chi connectivity index (χ4n) is 3.54. The normalized spacial score (nSPS) is 24.5. The molecule has 1 amide bonds. The highest BCUT2D eigenvalue weighted by molar-refractivity contribution is 7.99. The van der Waals surface area contributed by atoms with Crippen molar-refractivity contribution in [2.75, 3.05) is 44.4 Å². The van der Waals surface area contributed by atoms with E-state index in [0.717, 1.165) is 55.3 Å². The van der Waals surface area contributed by atoms with Crippen LogP contribution < -0.4 is 5.32 Å². The molecule has 0 saturated carbocycles. The highest BCUT2D eigenvalue weighted by Crippen LogP contribution is 2.33. The van der Waals surface area contributed by atoms with Gasteiger partial charge in [-0.25, -0.2) is 4.98 Å². The zero-order valence-electron chi connectivity index (χ0n) is 14.1. The molecule has 1 atom stereocenters. The van der Waals surface area contributed by atoms with Crippen molar-refractivity contribution in [2.45, 2.75) is 12.0 Å². The van der Waals surface area contributed by atoms with E-state index in [1.54, 1.807) is 6.20 Å². The first kappa shape index (κ1) is 16.8. The molecule has 0 aliphatic carbocycles. The summed E-state index contributed by atoms with van der Waals surface area (Å²) in [6, 6.07) is 7.59. The largest absolute Gasteiger partial charge is 0.379 e. The molecule has 2 saturated heterocycles. The maximum absolute atomic E-state index is 12.6. The van der Waals surface area contributed by atoms with E-state index >= 15 is 0 Å². The topological polar surface area (TPSA) is 67.4 Å². The van der Waals surface area contributed by atoms with Crippen LogP contribution >= 0.6 is 11.8 Å². The molecule has 0 bridgehead atoms. The van der Waals surface area contributed by atoms with E-state index in [0.29, 0.717) is 12.2 Å². The first-order valence-corrected chi connectivity index (χ1v) is 9.83. The van der Waals surface area contributed by atoms with Gasteiger partial charge in [-0.15, -0.1) is 0 Å². The number of hydrogen-bond donors (Lipinski definition) is 1. The molecule has 25 heavy (non-hydrogen) atoms. The summed E-state index contributed by atoms with van der Waals surface area (Å²) >= 11 is 1.96. The van der Waals surface area contributed by atoms with Crippen molar-refractivity contribution < 1.29 is 9.53 Å². The summed E-state index contributed by atoms with van der Waals surface area (Å²) in [5.41, 5.74) is 1.96. The van der Waals surface area contributed by atoms with Gasteiger partial charge < -0.3 is 10.1 Å². The van der Waals surface area contributed by atoms with E-state index in [9.17, 15) is 4.79 Å².